The number of aromatic nitrogens is 3. The third kappa shape index (κ3) is 6.23. The number of nitrogens with one attached hydrogen (secondary N) is 2. The maximum atomic E-state index is 12.5. The molecule has 0 radical (unpaired) electrons. The molecule has 2 fully saturated rings. The number of rotatable bonds is 8. The number of aliphatic hydroxyl groups is 4. The van der Waals surface area contributed by atoms with Crippen molar-refractivity contribution in [2.45, 2.75) is 55.8 Å². The molecule has 1 aromatic carbocycles. The highest BCUT2D eigenvalue weighted by Crippen LogP contribution is 2.27. The average molecular weight is 589 g/mol. The molecule has 7 atom stereocenters. The van der Waals surface area contributed by atoms with Gasteiger partial charge in [0.1, 0.15) is 35.9 Å². The Kier molecular flexibility index (Phi) is 8.72. The van der Waals surface area contributed by atoms with E-state index in [0.29, 0.717) is 31.1 Å². The second-order valence-electron chi connectivity index (χ2n) is 10.1. The molecule has 4 heterocycles. The lowest BCUT2D eigenvalue weighted by Gasteiger charge is -2.39. The number of nitrogens with zero attached hydrogens (tertiary/aromatic N) is 4. The molecule has 3 aromatic rings. The van der Waals surface area contributed by atoms with Crippen LogP contribution in [0.4, 0.5) is 16.3 Å². The molecule has 0 aliphatic carbocycles. The van der Waals surface area contributed by atoms with Gasteiger partial charge in [-0.1, -0.05) is 6.07 Å². The van der Waals surface area contributed by atoms with Crippen molar-refractivity contribution >= 4 is 29.1 Å². The molecule has 0 unspecified atom stereocenters. The Morgan fingerprint density at radius 3 is 2.69 bits per heavy atom. The SMILES string of the molecule is COc1cccc(Nc2ncnn3ccc(CN4CC[C@@H](NC(=O)O[C@@H]5O[C@H](C(=O)O)[C@@H](O)[C@H](O)[C@H]5O)[C@H](O)C4)c23)c1. The number of amides is 1. The van der Waals surface area contributed by atoms with Crippen molar-refractivity contribution in [2.24, 2.45) is 0 Å². The number of piperidine rings is 1. The Balaban J connectivity index is 1.19. The van der Waals surface area contributed by atoms with E-state index in [1.165, 1.54) is 6.33 Å². The number of hydrogen-bond donors (Lipinski definition) is 7. The highest BCUT2D eigenvalue weighted by Gasteiger charge is 2.48. The summed E-state index contributed by atoms with van der Waals surface area (Å²) in [5.74, 6) is -0.317. The zero-order valence-electron chi connectivity index (χ0n) is 22.5. The van der Waals surface area contributed by atoms with Crippen molar-refractivity contribution in [3.05, 3.63) is 48.4 Å². The van der Waals surface area contributed by atoms with Crippen LogP contribution >= 0.6 is 0 Å². The van der Waals surface area contributed by atoms with Crippen LogP contribution in [0.1, 0.15) is 12.0 Å². The number of aliphatic carboxylic acids is 1. The van der Waals surface area contributed by atoms with Gasteiger partial charge in [-0.3, -0.25) is 4.90 Å². The van der Waals surface area contributed by atoms with Crippen LogP contribution in [0.25, 0.3) is 5.52 Å². The molecule has 2 aliphatic heterocycles. The number of alkyl carbamates (subject to hydrolysis) is 1. The molecule has 0 bridgehead atoms. The number of carboxylic acids is 1. The molecule has 7 N–H and O–H groups in total. The number of carboxylic acid groups (broad SMARTS) is 1. The van der Waals surface area contributed by atoms with Crippen LogP contribution in [0, 0.1) is 0 Å². The first-order chi connectivity index (χ1) is 20.1. The van der Waals surface area contributed by atoms with E-state index in [-0.39, 0.29) is 6.54 Å². The number of carbonyl (C=O) groups excluding carboxylic acids is 1. The fourth-order valence-corrected chi connectivity index (χ4v) is 5.07. The van der Waals surface area contributed by atoms with Crippen molar-refractivity contribution < 1.29 is 49.3 Å². The molecule has 5 rings (SSSR count). The predicted molar refractivity (Wildman–Crippen MR) is 143 cm³/mol. The van der Waals surface area contributed by atoms with Crippen LogP contribution in [-0.4, -0.2) is 120 Å². The van der Waals surface area contributed by atoms with E-state index in [4.69, 9.17) is 19.3 Å². The monoisotopic (exact) mass is 588 g/mol. The molecule has 1 amide bonds. The normalized spacial score (nSPS) is 28.3. The first-order valence-electron chi connectivity index (χ1n) is 13.2. The maximum Gasteiger partial charge on any atom is 0.409 e. The minimum absolute atomic E-state index is 0.211. The van der Waals surface area contributed by atoms with Crippen LogP contribution < -0.4 is 15.4 Å². The van der Waals surface area contributed by atoms with E-state index >= 15 is 0 Å². The molecule has 226 valence electrons. The van der Waals surface area contributed by atoms with Gasteiger partial charge in [0.15, 0.2) is 11.9 Å². The van der Waals surface area contributed by atoms with Gasteiger partial charge in [0.05, 0.1) is 19.3 Å². The van der Waals surface area contributed by atoms with Gasteiger partial charge in [-0.05, 0) is 30.2 Å². The van der Waals surface area contributed by atoms with Gasteiger partial charge in [-0.25, -0.2) is 19.1 Å². The van der Waals surface area contributed by atoms with E-state index in [1.54, 1.807) is 11.6 Å². The Morgan fingerprint density at radius 2 is 1.95 bits per heavy atom. The highest BCUT2D eigenvalue weighted by atomic mass is 16.7. The van der Waals surface area contributed by atoms with Crippen molar-refractivity contribution in [1.82, 2.24) is 24.8 Å². The Morgan fingerprint density at radius 1 is 1.14 bits per heavy atom. The molecule has 0 saturated carbocycles. The van der Waals surface area contributed by atoms with Gasteiger partial charge in [-0.15, -0.1) is 0 Å². The largest absolute Gasteiger partial charge is 0.497 e. The highest BCUT2D eigenvalue weighted by molar-refractivity contribution is 5.77. The topological polar surface area (TPSA) is 220 Å². The number of hydrogen-bond acceptors (Lipinski definition) is 13. The summed E-state index contributed by atoms with van der Waals surface area (Å²) >= 11 is 0. The summed E-state index contributed by atoms with van der Waals surface area (Å²) in [4.78, 5) is 30.2. The van der Waals surface area contributed by atoms with E-state index in [1.807, 2.05) is 41.4 Å². The van der Waals surface area contributed by atoms with Gasteiger partial charge in [0, 0.05) is 37.6 Å². The molecular formula is C26H32N6O10. The van der Waals surface area contributed by atoms with Crippen LogP contribution in [0.15, 0.2) is 42.9 Å². The average Bonchev–Trinajstić information content (AvgIpc) is 3.38. The van der Waals surface area contributed by atoms with E-state index in [2.05, 4.69) is 20.7 Å². The molecule has 2 aromatic heterocycles. The van der Waals surface area contributed by atoms with E-state index in [9.17, 15) is 30.0 Å². The summed E-state index contributed by atoms with van der Waals surface area (Å²) < 4.78 is 16.9. The molecule has 0 spiro atoms. The standard InChI is InChI=1S/C26H32N6O10/c1-40-15-4-2-3-14(9-15)29-23-18-13(5-8-32(18)28-12-27-23)10-31-7-6-16(17(33)11-31)30-26(39)42-25-21(36)19(34)20(35)22(41-25)24(37)38/h2-5,8-9,12,16-17,19-22,25,33-36H,6-7,10-11H2,1H3,(H,30,39)(H,37,38)(H,27,28,29)/t16-,17-,19+,20+,21-,22+,25+/m1/s1. The van der Waals surface area contributed by atoms with Crippen molar-refractivity contribution in [3.8, 4) is 5.75 Å². The number of ether oxygens (including phenoxy) is 3. The van der Waals surface area contributed by atoms with E-state index < -0.39 is 54.9 Å². The Hall–Kier alpha value is -4.06. The zero-order valence-corrected chi connectivity index (χ0v) is 22.5. The number of aliphatic hydroxyl groups excluding tert-OH is 4. The molecule has 16 heteroatoms. The lowest BCUT2D eigenvalue weighted by atomic mass is 9.99. The number of β-amino-alcohol motifs (C(OH)–C–C–N with tert-alkyl or cyclic N) is 1. The second kappa shape index (κ2) is 12.4. The van der Waals surface area contributed by atoms with Crippen LogP contribution in [0.5, 0.6) is 5.75 Å². The van der Waals surface area contributed by atoms with Crippen LogP contribution in [-0.2, 0) is 20.8 Å². The number of fused-ring (bicyclic) bond motifs is 1. The summed E-state index contributed by atoms with van der Waals surface area (Å²) in [6.45, 7) is 1.17. The first-order valence-corrected chi connectivity index (χ1v) is 13.2. The number of anilines is 2. The maximum absolute atomic E-state index is 12.5. The molecule has 2 aliphatic rings. The quantitative estimate of drug-likeness (QED) is 0.168. The van der Waals surface area contributed by atoms with Gasteiger partial charge in [-0.2, -0.15) is 5.10 Å². The minimum atomic E-state index is -1.91. The third-order valence-corrected chi connectivity index (χ3v) is 7.27. The molecule has 2 saturated heterocycles. The van der Waals surface area contributed by atoms with Crippen LogP contribution in [0.3, 0.4) is 0 Å². The van der Waals surface area contributed by atoms with Crippen molar-refractivity contribution in [2.75, 3.05) is 25.5 Å². The second-order valence-corrected chi connectivity index (χ2v) is 10.1. The number of methoxy groups -OCH3 is 1. The third-order valence-electron chi connectivity index (χ3n) is 7.27. The summed E-state index contributed by atoms with van der Waals surface area (Å²) in [5.41, 5.74) is 2.46. The number of carbonyl (C=O) groups is 2. The number of likely N-dealkylation sites (tertiary alicyclic amines) is 1. The summed E-state index contributed by atoms with van der Waals surface area (Å²) in [6, 6.07) is 8.64. The van der Waals surface area contributed by atoms with Crippen LogP contribution in [0.2, 0.25) is 0 Å². The zero-order chi connectivity index (χ0) is 30.0. The van der Waals surface area contributed by atoms with Gasteiger partial charge < -0.3 is 50.4 Å². The van der Waals surface area contributed by atoms with Gasteiger partial charge in [0.2, 0.25) is 6.29 Å². The van der Waals surface area contributed by atoms with Crippen molar-refractivity contribution in [1.29, 1.82) is 0 Å². The summed E-state index contributed by atoms with van der Waals surface area (Å²) in [6.07, 6.45) is -7.91. The minimum Gasteiger partial charge on any atom is -0.497 e. The predicted octanol–water partition coefficient (Wildman–Crippen LogP) is -0.965. The molecule has 16 nitrogen and oxygen atoms in total. The van der Waals surface area contributed by atoms with Gasteiger partial charge >= 0.3 is 12.1 Å². The lowest BCUT2D eigenvalue weighted by molar-refractivity contribution is -0.278. The Bertz CT molecular complexity index is 1420. The Labute approximate surface area is 239 Å². The van der Waals surface area contributed by atoms with Crippen molar-refractivity contribution in [3.63, 3.8) is 0 Å². The number of benzene rings is 1. The first kappa shape index (κ1) is 29.4. The smallest absolute Gasteiger partial charge is 0.409 e. The molecular weight excluding hydrogens is 556 g/mol. The fourth-order valence-electron chi connectivity index (χ4n) is 5.07. The summed E-state index contributed by atoms with van der Waals surface area (Å²) in [5, 5.41) is 59.8. The van der Waals surface area contributed by atoms with Gasteiger partial charge in [0.25, 0.3) is 0 Å². The molecule has 42 heavy (non-hydrogen) atoms. The van der Waals surface area contributed by atoms with E-state index in [0.717, 1.165) is 16.8 Å². The summed E-state index contributed by atoms with van der Waals surface area (Å²) in [7, 11) is 1.59. The lowest BCUT2D eigenvalue weighted by Crippen LogP contribution is -2.61. The fraction of sp³-hybridized carbons (Fsp3) is 0.462.